The van der Waals surface area contributed by atoms with Crippen LogP contribution in [0.4, 0.5) is 0 Å². The van der Waals surface area contributed by atoms with E-state index in [1.165, 1.54) is 5.93 Å². The van der Waals surface area contributed by atoms with Crippen LogP contribution in [0.2, 0.25) is 0 Å². The molecule has 0 atom stereocenters. The minimum atomic E-state index is 0.653. The third kappa shape index (κ3) is 0.771. The van der Waals surface area contributed by atoms with Crippen molar-refractivity contribution in [3.63, 3.8) is 0 Å². The van der Waals surface area contributed by atoms with Crippen LogP contribution in [0.3, 0.4) is 0 Å². The zero-order valence-electron chi connectivity index (χ0n) is 3.23. The molecule has 1 rings (SSSR count). The van der Waals surface area contributed by atoms with Crippen LogP contribution in [-0.4, -0.2) is 29.0 Å². The van der Waals surface area contributed by atoms with Crippen molar-refractivity contribution in [1.82, 2.24) is 0 Å². The van der Waals surface area contributed by atoms with Crippen LogP contribution in [0.1, 0.15) is 0 Å². The molecule has 0 nitrogen and oxygen atoms in total. The molecule has 32 valence electrons. The van der Waals surface area contributed by atoms with Crippen LogP contribution in [-0.2, 0) is 0 Å². The van der Waals surface area contributed by atoms with Gasteiger partial charge in [-0.3, -0.25) is 0 Å². The molecular weight excluding hydrogens is 206 g/mol. The number of hydrogen-bond donors (Lipinski definition) is 0. The standard InChI is InChI=1S/C4H4Se2/c1-3-5-4(2)6-3/h1-2H2. The molecule has 0 saturated heterocycles. The van der Waals surface area contributed by atoms with Crippen molar-refractivity contribution in [2.24, 2.45) is 0 Å². The Bertz CT molecular complexity index is 166. The molecule has 6 heavy (non-hydrogen) atoms. The van der Waals surface area contributed by atoms with Gasteiger partial charge in [0.15, 0.2) is 0 Å². The quantitative estimate of drug-likeness (QED) is 0.463. The molecule has 0 aromatic carbocycles. The summed E-state index contributed by atoms with van der Waals surface area (Å²) in [5.41, 5.74) is 0. The van der Waals surface area contributed by atoms with Crippen molar-refractivity contribution in [3.05, 3.63) is 5.93 Å². The van der Waals surface area contributed by atoms with Crippen LogP contribution in [0.5, 0.6) is 0 Å². The molecule has 0 amide bonds. The van der Waals surface area contributed by atoms with E-state index in [1.807, 2.05) is 0 Å². The fourth-order valence-corrected chi connectivity index (χ4v) is 4.84. The first-order chi connectivity index (χ1) is 2.79. The second-order valence-corrected chi connectivity index (χ2v) is 8.56. The normalized spacial score (nSPS) is 9.33. The average molecular weight is 210 g/mol. The van der Waals surface area contributed by atoms with Crippen LogP contribution in [0.25, 0.3) is 13.2 Å². The van der Waals surface area contributed by atoms with Gasteiger partial charge in [0, 0.05) is 0 Å². The Morgan fingerprint density at radius 2 is 1.33 bits per heavy atom. The molecule has 0 spiro atoms. The number of hydrogen-bond acceptors (Lipinski definition) is 0. The van der Waals surface area contributed by atoms with Gasteiger partial charge in [0.05, 0.1) is 0 Å². The van der Waals surface area contributed by atoms with E-state index in [1.54, 1.807) is 0 Å². The third-order valence-electron chi connectivity index (χ3n) is 0.455. The van der Waals surface area contributed by atoms with Crippen LogP contribution < -0.4 is 5.93 Å². The zero-order valence-corrected chi connectivity index (χ0v) is 6.66. The maximum atomic E-state index is 3.81. The third-order valence-corrected chi connectivity index (χ3v) is 6.00. The average Bonchev–Trinajstić information content (AvgIpc) is 1.33. The minimum absolute atomic E-state index is 0.653. The van der Waals surface area contributed by atoms with Crippen molar-refractivity contribution in [2.75, 3.05) is 0 Å². The van der Waals surface area contributed by atoms with Gasteiger partial charge in [-0.05, 0) is 0 Å². The number of rotatable bonds is 0. The fourth-order valence-electron chi connectivity index (χ4n) is 0.262. The van der Waals surface area contributed by atoms with E-state index >= 15 is 0 Å². The molecule has 0 bridgehead atoms. The summed E-state index contributed by atoms with van der Waals surface area (Å²) in [5, 5.41) is 0. The Morgan fingerprint density at radius 1 is 1.00 bits per heavy atom. The van der Waals surface area contributed by atoms with E-state index in [2.05, 4.69) is 13.2 Å². The maximum absolute atomic E-state index is 3.81. The Hall–Kier alpha value is 0.519. The summed E-state index contributed by atoms with van der Waals surface area (Å²) in [5.74, 6) is 0. The van der Waals surface area contributed by atoms with E-state index < -0.39 is 0 Å². The van der Waals surface area contributed by atoms with Gasteiger partial charge in [0.25, 0.3) is 0 Å². The van der Waals surface area contributed by atoms with Crippen LogP contribution in [0, 0.1) is 0 Å². The predicted molar refractivity (Wildman–Crippen MR) is 30.6 cm³/mol. The van der Waals surface area contributed by atoms with Gasteiger partial charge in [-0.2, -0.15) is 0 Å². The van der Waals surface area contributed by atoms with Gasteiger partial charge in [-0.1, -0.05) is 0 Å². The first kappa shape index (κ1) is 4.67. The first-order valence-electron chi connectivity index (χ1n) is 1.52. The molecule has 0 radical (unpaired) electrons. The summed E-state index contributed by atoms with van der Waals surface area (Å²) in [4.78, 5) is 0. The summed E-state index contributed by atoms with van der Waals surface area (Å²) in [7, 11) is 0. The first-order valence-corrected chi connectivity index (χ1v) is 4.95. The predicted octanol–water partition coefficient (Wildman–Crippen LogP) is -1.38. The van der Waals surface area contributed by atoms with Gasteiger partial charge >= 0.3 is 48.1 Å². The second-order valence-electron chi connectivity index (χ2n) is 0.948. The Kier molecular flexibility index (Phi) is 1.21. The molecule has 0 fully saturated rings. The van der Waals surface area contributed by atoms with E-state index in [0.717, 1.165) is 0 Å². The summed E-state index contributed by atoms with van der Waals surface area (Å²) in [6.45, 7) is 7.61. The monoisotopic (exact) mass is 212 g/mol. The van der Waals surface area contributed by atoms with Crippen molar-refractivity contribution in [3.8, 4) is 0 Å². The summed E-state index contributed by atoms with van der Waals surface area (Å²) in [6.07, 6.45) is 0. The Labute approximate surface area is 48.3 Å². The molecule has 0 aliphatic heterocycles. The summed E-state index contributed by atoms with van der Waals surface area (Å²) >= 11 is 1.31. The van der Waals surface area contributed by atoms with Gasteiger partial charge in [0.2, 0.25) is 0 Å². The molecular formula is C4H4Se2. The summed E-state index contributed by atoms with van der Waals surface area (Å²) in [6, 6.07) is 0. The summed E-state index contributed by atoms with van der Waals surface area (Å²) < 4.78 is 2.92. The molecule has 1 aromatic heterocycles. The van der Waals surface area contributed by atoms with Crippen LogP contribution >= 0.6 is 0 Å². The van der Waals surface area contributed by atoms with Crippen molar-refractivity contribution in [2.45, 2.75) is 0 Å². The topological polar surface area (TPSA) is 0 Å². The molecule has 0 aliphatic rings. The van der Waals surface area contributed by atoms with E-state index in [-0.39, 0.29) is 0 Å². The molecule has 0 N–H and O–H groups in total. The van der Waals surface area contributed by atoms with Gasteiger partial charge in [-0.15, -0.1) is 0 Å². The zero-order chi connectivity index (χ0) is 4.57. The fraction of sp³-hybridized carbons (Fsp3) is 0. The second kappa shape index (κ2) is 1.55. The van der Waals surface area contributed by atoms with Gasteiger partial charge in [0.1, 0.15) is 0 Å². The molecule has 1 aromatic rings. The molecule has 0 saturated carbocycles. The Balaban J connectivity index is 3.41. The van der Waals surface area contributed by atoms with Crippen molar-refractivity contribution in [1.29, 1.82) is 0 Å². The molecule has 0 unspecified atom stereocenters. The van der Waals surface area contributed by atoms with Crippen molar-refractivity contribution < 1.29 is 0 Å². The van der Waals surface area contributed by atoms with E-state index in [0.29, 0.717) is 29.0 Å². The van der Waals surface area contributed by atoms with E-state index in [4.69, 9.17) is 0 Å². The molecule has 1 heterocycles. The van der Waals surface area contributed by atoms with Crippen molar-refractivity contribution >= 4 is 42.2 Å². The molecule has 0 aliphatic carbocycles. The van der Waals surface area contributed by atoms with E-state index in [9.17, 15) is 0 Å². The van der Waals surface area contributed by atoms with Crippen LogP contribution in [0.15, 0.2) is 0 Å². The molecule has 2 heteroatoms. The SMILES string of the molecule is C=c1[se]c(=C)[se]1. The van der Waals surface area contributed by atoms with Gasteiger partial charge in [-0.25, -0.2) is 0 Å². The van der Waals surface area contributed by atoms with Gasteiger partial charge < -0.3 is 0 Å². The Morgan fingerprint density at radius 3 is 1.33 bits per heavy atom.